The first-order valence-corrected chi connectivity index (χ1v) is 8.56. The number of aromatic nitrogens is 2. The molecule has 0 aliphatic carbocycles. The molecule has 6 heteroatoms. The van der Waals surface area contributed by atoms with Crippen molar-refractivity contribution < 1.29 is 9.53 Å². The van der Waals surface area contributed by atoms with Gasteiger partial charge in [-0.15, -0.1) is 0 Å². The molecule has 1 aromatic heterocycles. The molecule has 2 N–H and O–H groups in total. The molecule has 134 valence electrons. The molecule has 26 heavy (non-hydrogen) atoms. The maximum absolute atomic E-state index is 12.7. The Balaban J connectivity index is 1.88. The summed E-state index contributed by atoms with van der Waals surface area (Å²) < 4.78 is 5.37. The SMILES string of the molecule is COc1cc(C)c(NC(=O)c2cc(-c3ccccc3Cl)n[nH]2)c(C)c1C. The predicted molar refractivity (Wildman–Crippen MR) is 104 cm³/mol. The minimum absolute atomic E-state index is 0.258. The van der Waals surface area contributed by atoms with Gasteiger partial charge >= 0.3 is 0 Å². The van der Waals surface area contributed by atoms with Crippen LogP contribution in [0.1, 0.15) is 27.2 Å². The number of methoxy groups -OCH3 is 1. The van der Waals surface area contributed by atoms with Crippen molar-refractivity contribution in [2.45, 2.75) is 20.8 Å². The fourth-order valence-electron chi connectivity index (χ4n) is 2.88. The molecule has 0 radical (unpaired) electrons. The van der Waals surface area contributed by atoms with Gasteiger partial charge in [-0.25, -0.2) is 0 Å². The quantitative estimate of drug-likeness (QED) is 0.686. The lowest BCUT2D eigenvalue weighted by atomic mass is 10.0. The summed E-state index contributed by atoms with van der Waals surface area (Å²) in [5.74, 6) is 0.548. The average Bonchev–Trinajstić information content (AvgIpc) is 3.12. The molecule has 0 saturated heterocycles. The molecule has 0 aliphatic rings. The molecule has 0 spiro atoms. The van der Waals surface area contributed by atoms with E-state index in [0.29, 0.717) is 16.4 Å². The van der Waals surface area contributed by atoms with Gasteiger partial charge in [-0.3, -0.25) is 9.89 Å². The normalized spacial score (nSPS) is 10.7. The molecular formula is C20H20ClN3O2. The fraction of sp³-hybridized carbons (Fsp3) is 0.200. The minimum atomic E-state index is -0.258. The van der Waals surface area contributed by atoms with Gasteiger partial charge in [0.25, 0.3) is 5.91 Å². The minimum Gasteiger partial charge on any atom is -0.496 e. The van der Waals surface area contributed by atoms with E-state index in [4.69, 9.17) is 16.3 Å². The van der Waals surface area contributed by atoms with Crippen LogP contribution in [0.5, 0.6) is 5.75 Å². The third-order valence-electron chi connectivity index (χ3n) is 4.48. The van der Waals surface area contributed by atoms with Crippen LogP contribution < -0.4 is 10.1 Å². The first-order valence-electron chi connectivity index (χ1n) is 8.18. The molecule has 2 aromatic carbocycles. The lowest BCUT2D eigenvalue weighted by Gasteiger charge is -2.16. The number of nitrogens with zero attached hydrogens (tertiary/aromatic N) is 1. The van der Waals surface area contributed by atoms with Crippen LogP contribution in [0.2, 0.25) is 5.02 Å². The predicted octanol–water partition coefficient (Wildman–Crippen LogP) is 4.92. The zero-order valence-electron chi connectivity index (χ0n) is 15.1. The third-order valence-corrected chi connectivity index (χ3v) is 4.81. The van der Waals surface area contributed by atoms with Crippen molar-refractivity contribution >= 4 is 23.2 Å². The van der Waals surface area contributed by atoms with Gasteiger partial charge in [0, 0.05) is 11.3 Å². The number of ether oxygens (including phenoxy) is 1. The summed E-state index contributed by atoms with van der Waals surface area (Å²) >= 11 is 6.20. The number of nitrogens with one attached hydrogen (secondary N) is 2. The summed E-state index contributed by atoms with van der Waals surface area (Å²) in [6.45, 7) is 5.87. The van der Waals surface area contributed by atoms with E-state index in [1.54, 1.807) is 19.2 Å². The van der Waals surface area contributed by atoms with Gasteiger partial charge < -0.3 is 10.1 Å². The van der Waals surface area contributed by atoms with Crippen molar-refractivity contribution in [3.63, 3.8) is 0 Å². The number of amides is 1. The number of aryl methyl sites for hydroxylation is 1. The molecule has 0 unspecified atom stereocenters. The Hall–Kier alpha value is -2.79. The van der Waals surface area contributed by atoms with Gasteiger partial charge in [0.2, 0.25) is 0 Å². The summed E-state index contributed by atoms with van der Waals surface area (Å²) in [4.78, 5) is 12.7. The number of H-pyrrole nitrogens is 1. The summed E-state index contributed by atoms with van der Waals surface area (Å²) in [6.07, 6.45) is 0. The molecule has 5 nitrogen and oxygen atoms in total. The molecule has 0 bridgehead atoms. The number of aromatic amines is 1. The molecule has 3 aromatic rings. The molecule has 0 saturated carbocycles. The zero-order chi connectivity index (χ0) is 18.8. The van der Waals surface area contributed by atoms with Crippen LogP contribution in [-0.2, 0) is 0 Å². The van der Waals surface area contributed by atoms with Crippen LogP contribution in [0, 0.1) is 20.8 Å². The van der Waals surface area contributed by atoms with Crippen LogP contribution in [0.15, 0.2) is 36.4 Å². The highest BCUT2D eigenvalue weighted by atomic mass is 35.5. The first kappa shape index (κ1) is 18.0. The Morgan fingerprint density at radius 2 is 1.88 bits per heavy atom. The highest BCUT2D eigenvalue weighted by Crippen LogP contribution is 2.32. The van der Waals surface area contributed by atoms with E-state index < -0.39 is 0 Å². The Morgan fingerprint density at radius 1 is 1.15 bits per heavy atom. The van der Waals surface area contributed by atoms with Crippen LogP contribution in [0.3, 0.4) is 0 Å². The summed E-state index contributed by atoms with van der Waals surface area (Å²) in [6, 6.07) is 11.0. The number of anilines is 1. The molecule has 0 aliphatic heterocycles. The maximum Gasteiger partial charge on any atom is 0.273 e. The van der Waals surface area contributed by atoms with Gasteiger partial charge in [-0.2, -0.15) is 5.10 Å². The van der Waals surface area contributed by atoms with Gasteiger partial charge in [0.15, 0.2) is 0 Å². The smallest absolute Gasteiger partial charge is 0.273 e. The van der Waals surface area contributed by atoms with E-state index in [9.17, 15) is 4.79 Å². The van der Waals surface area contributed by atoms with Gasteiger partial charge in [-0.1, -0.05) is 29.8 Å². The second kappa shape index (κ2) is 7.22. The number of halogens is 1. The number of hydrogen-bond acceptors (Lipinski definition) is 3. The topological polar surface area (TPSA) is 67.0 Å². The van der Waals surface area contributed by atoms with E-state index in [1.165, 1.54) is 0 Å². The lowest BCUT2D eigenvalue weighted by Crippen LogP contribution is -2.15. The van der Waals surface area contributed by atoms with Crippen molar-refractivity contribution in [3.8, 4) is 17.0 Å². The van der Waals surface area contributed by atoms with Gasteiger partial charge in [0.1, 0.15) is 11.4 Å². The highest BCUT2D eigenvalue weighted by molar-refractivity contribution is 6.33. The summed E-state index contributed by atoms with van der Waals surface area (Å²) in [5, 5.41) is 10.5. The Morgan fingerprint density at radius 3 is 2.58 bits per heavy atom. The molecular weight excluding hydrogens is 350 g/mol. The standard InChI is InChI=1S/C20H20ClN3O2/c1-11-9-18(26-4)12(2)13(3)19(11)22-20(25)17-10-16(23-24-17)14-7-5-6-8-15(14)21/h5-10H,1-4H3,(H,22,25)(H,23,24). The maximum atomic E-state index is 12.7. The van der Waals surface area contributed by atoms with E-state index in [-0.39, 0.29) is 5.91 Å². The van der Waals surface area contributed by atoms with Crippen LogP contribution in [0.4, 0.5) is 5.69 Å². The Bertz CT molecular complexity index is 979. The number of carbonyl (C=O) groups excluding carboxylic acids is 1. The second-order valence-corrected chi connectivity index (χ2v) is 6.53. The summed E-state index contributed by atoms with van der Waals surface area (Å²) in [7, 11) is 1.64. The van der Waals surface area contributed by atoms with Crippen molar-refractivity contribution in [2.75, 3.05) is 12.4 Å². The van der Waals surface area contributed by atoms with Crippen molar-refractivity contribution in [1.82, 2.24) is 10.2 Å². The zero-order valence-corrected chi connectivity index (χ0v) is 15.9. The van der Waals surface area contributed by atoms with Crippen LogP contribution in [-0.4, -0.2) is 23.2 Å². The van der Waals surface area contributed by atoms with Crippen molar-refractivity contribution in [1.29, 1.82) is 0 Å². The molecule has 3 rings (SSSR count). The highest BCUT2D eigenvalue weighted by Gasteiger charge is 2.17. The second-order valence-electron chi connectivity index (χ2n) is 6.12. The average molecular weight is 370 g/mol. The van der Waals surface area contributed by atoms with E-state index in [0.717, 1.165) is 33.7 Å². The first-order chi connectivity index (χ1) is 12.4. The third kappa shape index (κ3) is 3.30. The molecule has 0 atom stereocenters. The van der Waals surface area contributed by atoms with E-state index >= 15 is 0 Å². The lowest BCUT2D eigenvalue weighted by molar-refractivity contribution is 0.102. The van der Waals surface area contributed by atoms with Crippen LogP contribution in [0.25, 0.3) is 11.3 Å². The van der Waals surface area contributed by atoms with Crippen molar-refractivity contribution in [2.24, 2.45) is 0 Å². The van der Waals surface area contributed by atoms with Gasteiger partial charge in [-0.05, 0) is 55.7 Å². The number of rotatable bonds is 4. The largest absolute Gasteiger partial charge is 0.496 e. The van der Waals surface area contributed by atoms with E-state index in [2.05, 4.69) is 15.5 Å². The van der Waals surface area contributed by atoms with Crippen LogP contribution >= 0.6 is 11.6 Å². The number of benzene rings is 2. The van der Waals surface area contributed by atoms with E-state index in [1.807, 2.05) is 45.0 Å². The monoisotopic (exact) mass is 369 g/mol. The Kier molecular flexibility index (Phi) is 5.00. The number of hydrogen-bond donors (Lipinski definition) is 2. The molecule has 1 heterocycles. The summed E-state index contributed by atoms with van der Waals surface area (Å²) in [5.41, 5.74) is 5.45. The fourth-order valence-corrected chi connectivity index (χ4v) is 3.11. The molecule has 1 amide bonds. The number of carbonyl (C=O) groups is 1. The van der Waals surface area contributed by atoms with Crippen molar-refractivity contribution in [3.05, 3.63) is 63.8 Å². The molecule has 0 fully saturated rings. The van der Waals surface area contributed by atoms with Gasteiger partial charge in [0.05, 0.1) is 17.8 Å². The Labute approximate surface area is 157 Å².